The van der Waals surface area contributed by atoms with E-state index in [0.29, 0.717) is 16.3 Å². The minimum absolute atomic E-state index is 0.0552. The highest BCUT2D eigenvalue weighted by Crippen LogP contribution is 2.17. The van der Waals surface area contributed by atoms with Crippen LogP contribution in [0.5, 0.6) is 0 Å². The Morgan fingerprint density at radius 3 is 2.35 bits per heavy atom. The summed E-state index contributed by atoms with van der Waals surface area (Å²) in [4.78, 5) is 24.0. The van der Waals surface area contributed by atoms with Gasteiger partial charge in [-0.25, -0.2) is 13.6 Å². The van der Waals surface area contributed by atoms with Gasteiger partial charge in [0.15, 0.2) is 6.10 Å². The topological polar surface area (TPSA) is 116 Å². The Morgan fingerprint density at radius 1 is 1.15 bits per heavy atom. The summed E-state index contributed by atoms with van der Waals surface area (Å²) in [6.45, 7) is 1.43. The Labute approximate surface area is 156 Å². The maximum Gasteiger partial charge on any atom is 0.311 e. The highest BCUT2D eigenvalue weighted by atomic mass is 35.5. The molecule has 0 fully saturated rings. The zero-order valence-corrected chi connectivity index (χ0v) is 15.4. The van der Waals surface area contributed by atoms with Gasteiger partial charge in [-0.2, -0.15) is 0 Å². The van der Waals surface area contributed by atoms with Crippen LogP contribution in [0, 0.1) is 0 Å². The van der Waals surface area contributed by atoms with Crippen molar-refractivity contribution in [3.63, 3.8) is 0 Å². The van der Waals surface area contributed by atoms with Gasteiger partial charge >= 0.3 is 5.97 Å². The monoisotopic (exact) mass is 396 g/mol. The first-order valence-electron chi connectivity index (χ1n) is 7.53. The first-order valence-corrected chi connectivity index (χ1v) is 9.46. The summed E-state index contributed by atoms with van der Waals surface area (Å²) in [6, 6.07) is 12.1. The Hall–Kier alpha value is -2.42. The fourth-order valence-corrected chi connectivity index (χ4v) is 2.78. The molecule has 0 aliphatic carbocycles. The van der Waals surface area contributed by atoms with E-state index in [-0.39, 0.29) is 11.3 Å². The maximum absolute atomic E-state index is 12.1. The lowest BCUT2D eigenvalue weighted by atomic mass is 10.1. The fraction of sp³-hybridized carbons (Fsp3) is 0.176. The van der Waals surface area contributed by atoms with Crippen molar-refractivity contribution in [2.24, 2.45) is 5.14 Å². The van der Waals surface area contributed by atoms with Gasteiger partial charge in [-0.15, -0.1) is 0 Å². The Morgan fingerprint density at radius 2 is 1.77 bits per heavy atom. The number of primary sulfonamides is 1. The van der Waals surface area contributed by atoms with Crippen LogP contribution in [-0.2, 0) is 30.8 Å². The number of hydrogen-bond donors (Lipinski definition) is 2. The molecule has 0 saturated carbocycles. The van der Waals surface area contributed by atoms with Crippen molar-refractivity contribution in [1.29, 1.82) is 0 Å². The largest absolute Gasteiger partial charge is 0.452 e. The predicted molar refractivity (Wildman–Crippen MR) is 97.2 cm³/mol. The Balaban J connectivity index is 1.93. The molecule has 138 valence electrons. The molecule has 3 N–H and O–H groups in total. The van der Waals surface area contributed by atoms with Crippen LogP contribution in [0.4, 0.5) is 5.69 Å². The van der Waals surface area contributed by atoms with Gasteiger partial charge in [0.2, 0.25) is 10.0 Å². The quantitative estimate of drug-likeness (QED) is 0.725. The second kappa shape index (κ2) is 8.31. The van der Waals surface area contributed by atoms with Gasteiger partial charge in [0.1, 0.15) is 0 Å². The van der Waals surface area contributed by atoms with Crippen LogP contribution >= 0.6 is 11.6 Å². The lowest BCUT2D eigenvalue weighted by Crippen LogP contribution is -2.30. The molecule has 7 nitrogen and oxygen atoms in total. The smallest absolute Gasteiger partial charge is 0.311 e. The molecule has 0 radical (unpaired) electrons. The first kappa shape index (κ1) is 19.9. The second-order valence-corrected chi connectivity index (χ2v) is 7.43. The molecule has 1 atom stereocenters. The van der Waals surface area contributed by atoms with Gasteiger partial charge in [-0.05, 0) is 42.8 Å². The highest BCUT2D eigenvalue weighted by Gasteiger charge is 2.19. The molecule has 0 bridgehead atoms. The average molecular weight is 397 g/mol. The number of esters is 1. The molecule has 0 spiro atoms. The van der Waals surface area contributed by atoms with Gasteiger partial charge in [-0.3, -0.25) is 9.59 Å². The van der Waals surface area contributed by atoms with Crippen LogP contribution < -0.4 is 10.5 Å². The number of nitrogens with one attached hydrogen (secondary N) is 1. The van der Waals surface area contributed by atoms with Crippen LogP contribution in [0.2, 0.25) is 5.02 Å². The number of carbonyl (C=O) groups is 2. The number of sulfonamides is 1. The van der Waals surface area contributed by atoms with Crippen LogP contribution in [0.25, 0.3) is 0 Å². The van der Waals surface area contributed by atoms with Crippen molar-refractivity contribution in [3.8, 4) is 0 Å². The standard InChI is InChI=1S/C17H17ClN2O5S/c1-11(25-16(21)10-12-4-2-3-5-15(12)18)17(22)20-13-6-8-14(9-7-13)26(19,23)24/h2-9,11H,10H2,1H3,(H,20,22)(H2,19,23,24)/t11-/m0/s1. The number of hydrogen-bond acceptors (Lipinski definition) is 5. The normalized spacial score (nSPS) is 12.3. The summed E-state index contributed by atoms with van der Waals surface area (Å²) in [7, 11) is -3.81. The van der Waals surface area contributed by atoms with Gasteiger partial charge < -0.3 is 10.1 Å². The summed E-state index contributed by atoms with van der Waals surface area (Å²) < 4.78 is 27.5. The fourth-order valence-electron chi connectivity index (χ4n) is 2.06. The van der Waals surface area contributed by atoms with E-state index in [1.54, 1.807) is 24.3 Å². The van der Waals surface area contributed by atoms with Gasteiger partial charge in [0.05, 0.1) is 11.3 Å². The number of benzene rings is 2. The maximum atomic E-state index is 12.1. The van der Waals surface area contributed by atoms with E-state index in [9.17, 15) is 18.0 Å². The number of amides is 1. The zero-order chi connectivity index (χ0) is 19.3. The molecule has 0 aliphatic heterocycles. The lowest BCUT2D eigenvalue weighted by molar-refractivity contribution is -0.152. The molecule has 9 heteroatoms. The molecule has 2 aromatic rings. The number of carbonyl (C=O) groups excluding carboxylic acids is 2. The van der Waals surface area contributed by atoms with Gasteiger partial charge in [0.25, 0.3) is 5.91 Å². The third-order valence-corrected chi connectivity index (χ3v) is 4.72. The third-order valence-electron chi connectivity index (χ3n) is 3.42. The second-order valence-electron chi connectivity index (χ2n) is 5.46. The third kappa shape index (κ3) is 5.55. The summed E-state index contributed by atoms with van der Waals surface area (Å²) in [5.41, 5.74) is 0.946. The molecular formula is C17H17ClN2O5S. The molecule has 0 heterocycles. The Kier molecular flexibility index (Phi) is 6.36. The number of anilines is 1. The molecule has 2 rings (SSSR count). The number of nitrogens with two attached hydrogens (primary N) is 1. The minimum atomic E-state index is -3.81. The molecule has 0 saturated heterocycles. The van der Waals surface area contributed by atoms with E-state index in [4.69, 9.17) is 21.5 Å². The summed E-state index contributed by atoms with van der Waals surface area (Å²) >= 11 is 5.98. The number of rotatable bonds is 6. The molecule has 0 unspecified atom stereocenters. The SMILES string of the molecule is C[C@H](OC(=O)Cc1ccccc1Cl)C(=O)Nc1ccc(S(N)(=O)=O)cc1. The number of ether oxygens (including phenoxy) is 1. The van der Waals surface area contributed by atoms with Crippen LogP contribution in [-0.4, -0.2) is 26.4 Å². The van der Waals surface area contributed by atoms with Crippen molar-refractivity contribution >= 4 is 39.2 Å². The van der Waals surface area contributed by atoms with E-state index in [1.165, 1.54) is 31.2 Å². The highest BCUT2D eigenvalue weighted by molar-refractivity contribution is 7.89. The van der Waals surface area contributed by atoms with Crippen molar-refractivity contribution in [3.05, 3.63) is 59.1 Å². The summed E-state index contributed by atoms with van der Waals surface area (Å²) in [6.07, 6.45) is -1.09. The van der Waals surface area contributed by atoms with E-state index in [2.05, 4.69) is 5.32 Å². The summed E-state index contributed by atoms with van der Waals surface area (Å²) in [5.74, 6) is -1.15. The van der Waals surface area contributed by atoms with Crippen LogP contribution in [0.3, 0.4) is 0 Å². The molecule has 26 heavy (non-hydrogen) atoms. The predicted octanol–water partition coefficient (Wildman–Crippen LogP) is 2.10. The molecular weight excluding hydrogens is 380 g/mol. The van der Waals surface area contributed by atoms with E-state index < -0.39 is 28.0 Å². The first-order chi connectivity index (χ1) is 12.2. The zero-order valence-electron chi connectivity index (χ0n) is 13.8. The van der Waals surface area contributed by atoms with Crippen molar-refractivity contribution in [1.82, 2.24) is 0 Å². The van der Waals surface area contributed by atoms with Crippen molar-refractivity contribution in [2.75, 3.05) is 5.32 Å². The van der Waals surface area contributed by atoms with Gasteiger partial charge in [-0.1, -0.05) is 29.8 Å². The van der Waals surface area contributed by atoms with Crippen LogP contribution in [0.1, 0.15) is 12.5 Å². The molecule has 2 aromatic carbocycles. The van der Waals surface area contributed by atoms with E-state index >= 15 is 0 Å². The van der Waals surface area contributed by atoms with E-state index in [0.717, 1.165) is 0 Å². The summed E-state index contributed by atoms with van der Waals surface area (Å²) in [5, 5.41) is 7.97. The average Bonchev–Trinajstić information content (AvgIpc) is 2.56. The van der Waals surface area contributed by atoms with Crippen molar-refractivity contribution in [2.45, 2.75) is 24.3 Å². The molecule has 0 aliphatic rings. The van der Waals surface area contributed by atoms with Crippen molar-refractivity contribution < 1.29 is 22.7 Å². The minimum Gasteiger partial charge on any atom is -0.452 e. The lowest BCUT2D eigenvalue weighted by Gasteiger charge is -2.14. The van der Waals surface area contributed by atoms with Crippen LogP contribution in [0.15, 0.2) is 53.4 Å². The van der Waals surface area contributed by atoms with Gasteiger partial charge in [0, 0.05) is 10.7 Å². The number of halogens is 1. The Bertz CT molecular complexity index is 913. The molecule has 1 amide bonds. The van der Waals surface area contributed by atoms with E-state index in [1.807, 2.05) is 0 Å². The molecule has 0 aromatic heterocycles.